The maximum atomic E-state index is 12.0. The van der Waals surface area contributed by atoms with Gasteiger partial charge in [-0.1, -0.05) is 57.0 Å². The molecule has 100 valence electrons. The van der Waals surface area contributed by atoms with Crippen LogP contribution in [0, 0.1) is 0 Å². The number of carbonyl (C=O) groups excluding carboxylic acids is 1. The van der Waals surface area contributed by atoms with E-state index in [0.29, 0.717) is 0 Å². The van der Waals surface area contributed by atoms with Crippen LogP contribution < -0.4 is 11.1 Å². The summed E-state index contributed by atoms with van der Waals surface area (Å²) in [4.78, 5) is 12.0. The van der Waals surface area contributed by atoms with Crippen LogP contribution in [0.1, 0.15) is 51.1 Å². The summed E-state index contributed by atoms with van der Waals surface area (Å²) in [5.74, 6) is -0.0425. The van der Waals surface area contributed by atoms with Gasteiger partial charge < -0.3 is 11.1 Å². The average molecular weight is 248 g/mol. The van der Waals surface area contributed by atoms with Gasteiger partial charge in [-0.15, -0.1) is 0 Å². The SMILES string of the molecule is CCCC(N)C(=O)NC(CCC)c1ccccc1. The third-order valence-corrected chi connectivity index (χ3v) is 3.03. The third kappa shape index (κ3) is 4.49. The van der Waals surface area contributed by atoms with E-state index < -0.39 is 6.04 Å². The van der Waals surface area contributed by atoms with Crippen molar-refractivity contribution in [1.82, 2.24) is 5.32 Å². The van der Waals surface area contributed by atoms with Crippen molar-refractivity contribution in [2.75, 3.05) is 0 Å². The van der Waals surface area contributed by atoms with Crippen LogP contribution in [0.2, 0.25) is 0 Å². The summed E-state index contributed by atoms with van der Waals surface area (Å²) in [6.07, 6.45) is 3.63. The fourth-order valence-corrected chi connectivity index (χ4v) is 2.02. The number of rotatable bonds is 7. The highest BCUT2D eigenvalue weighted by Gasteiger charge is 2.17. The number of nitrogens with one attached hydrogen (secondary N) is 1. The minimum atomic E-state index is -0.391. The smallest absolute Gasteiger partial charge is 0.237 e. The Hall–Kier alpha value is -1.35. The zero-order valence-electron chi connectivity index (χ0n) is 11.4. The summed E-state index contributed by atoms with van der Waals surface area (Å²) in [6, 6.07) is 9.76. The van der Waals surface area contributed by atoms with E-state index in [2.05, 4.69) is 12.2 Å². The zero-order valence-corrected chi connectivity index (χ0v) is 11.4. The lowest BCUT2D eigenvalue weighted by molar-refractivity contribution is -0.123. The van der Waals surface area contributed by atoms with Gasteiger partial charge in [-0.05, 0) is 18.4 Å². The molecule has 1 rings (SSSR count). The van der Waals surface area contributed by atoms with Crippen molar-refractivity contribution in [3.8, 4) is 0 Å². The first-order valence-electron chi connectivity index (χ1n) is 6.79. The van der Waals surface area contributed by atoms with Gasteiger partial charge in [0.15, 0.2) is 0 Å². The van der Waals surface area contributed by atoms with Crippen molar-refractivity contribution in [2.45, 2.75) is 51.6 Å². The van der Waals surface area contributed by atoms with Gasteiger partial charge in [0.25, 0.3) is 0 Å². The molecule has 2 atom stereocenters. The van der Waals surface area contributed by atoms with E-state index in [4.69, 9.17) is 5.73 Å². The second-order valence-corrected chi connectivity index (χ2v) is 4.66. The molecule has 0 spiro atoms. The van der Waals surface area contributed by atoms with Gasteiger partial charge in [0, 0.05) is 0 Å². The Morgan fingerprint density at radius 2 is 1.78 bits per heavy atom. The zero-order chi connectivity index (χ0) is 13.4. The molecule has 1 aromatic rings. The summed E-state index contributed by atoms with van der Waals surface area (Å²) in [5, 5.41) is 3.05. The second kappa shape index (κ2) is 7.88. The predicted molar refractivity (Wildman–Crippen MR) is 75.1 cm³/mol. The Labute approximate surface area is 110 Å². The summed E-state index contributed by atoms with van der Waals surface area (Å²) in [6.45, 7) is 4.15. The molecule has 3 heteroatoms. The molecule has 18 heavy (non-hydrogen) atoms. The number of benzene rings is 1. The molecule has 3 N–H and O–H groups in total. The number of amides is 1. The quantitative estimate of drug-likeness (QED) is 0.779. The molecule has 3 nitrogen and oxygen atoms in total. The number of hydrogen-bond donors (Lipinski definition) is 2. The highest BCUT2D eigenvalue weighted by atomic mass is 16.2. The van der Waals surface area contributed by atoms with Crippen LogP contribution in [0.5, 0.6) is 0 Å². The van der Waals surface area contributed by atoms with Crippen molar-refractivity contribution in [1.29, 1.82) is 0 Å². The molecule has 0 heterocycles. The highest BCUT2D eigenvalue weighted by molar-refractivity contribution is 5.81. The largest absolute Gasteiger partial charge is 0.348 e. The third-order valence-electron chi connectivity index (χ3n) is 3.03. The molecule has 0 radical (unpaired) electrons. The van der Waals surface area contributed by atoms with Gasteiger partial charge in [0.2, 0.25) is 5.91 Å². The van der Waals surface area contributed by atoms with Crippen molar-refractivity contribution in [3.05, 3.63) is 35.9 Å². The monoisotopic (exact) mass is 248 g/mol. The fraction of sp³-hybridized carbons (Fsp3) is 0.533. The van der Waals surface area contributed by atoms with Crippen molar-refractivity contribution in [2.24, 2.45) is 5.73 Å². The first-order chi connectivity index (χ1) is 8.69. The maximum absolute atomic E-state index is 12.0. The van der Waals surface area contributed by atoms with Crippen LogP contribution in [-0.2, 0) is 4.79 Å². The van der Waals surface area contributed by atoms with E-state index in [-0.39, 0.29) is 11.9 Å². The molecular formula is C15H24N2O. The summed E-state index contributed by atoms with van der Waals surface area (Å²) in [5.41, 5.74) is 6.99. The summed E-state index contributed by atoms with van der Waals surface area (Å²) < 4.78 is 0. The van der Waals surface area contributed by atoms with Crippen LogP contribution in [0.4, 0.5) is 0 Å². The van der Waals surface area contributed by atoms with Gasteiger partial charge in [-0.3, -0.25) is 4.79 Å². The first-order valence-corrected chi connectivity index (χ1v) is 6.79. The van der Waals surface area contributed by atoms with E-state index in [1.54, 1.807) is 0 Å². The lowest BCUT2D eigenvalue weighted by Gasteiger charge is -2.21. The van der Waals surface area contributed by atoms with E-state index in [1.807, 2.05) is 37.3 Å². The van der Waals surface area contributed by atoms with Gasteiger partial charge in [-0.25, -0.2) is 0 Å². The molecule has 0 aliphatic carbocycles. The Bertz CT molecular complexity index is 351. The lowest BCUT2D eigenvalue weighted by Crippen LogP contribution is -2.42. The van der Waals surface area contributed by atoms with Gasteiger partial charge in [0.05, 0.1) is 12.1 Å². The average Bonchev–Trinajstić information content (AvgIpc) is 2.39. The Morgan fingerprint density at radius 3 is 2.33 bits per heavy atom. The molecule has 1 aromatic carbocycles. The van der Waals surface area contributed by atoms with E-state index in [0.717, 1.165) is 31.2 Å². The maximum Gasteiger partial charge on any atom is 0.237 e. The molecule has 1 amide bonds. The van der Waals surface area contributed by atoms with Crippen molar-refractivity contribution < 1.29 is 4.79 Å². The second-order valence-electron chi connectivity index (χ2n) is 4.66. The Morgan fingerprint density at radius 1 is 1.17 bits per heavy atom. The normalized spacial score (nSPS) is 13.9. The van der Waals surface area contributed by atoms with Crippen molar-refractivity contribution >= 4 is 5.91 Å². The molecule has 2 unspecified atom stereocenters. The summed E-state index contributed by atoms with van der Waals surface area (Å²) >= 11 is 0. The van der Waals surface area contributed by atoms with Crippen LogP contribution >= 0.6 is 0 Å². The lowest BCUT2D eigenvalue weighted by atomic mass is 10.0. The van der Waals surface area contributed by atoms with Gasteiger partial charge >= 0.3 is 0 Å². The van der Waals surface area contributed by atoms with E-state index in [1.165, 1.54) is 0 Å². The fourth-order valence-electron chi connectivity index (χ4n) is 2.02. The number of nitrogens with two attached hydrogens (primary N) is 1. The summed E-state index contributed by atoms with van der Waals surface area (Å²) in [7, 11) is 0. The van der Waals surface area contributed by atoms with E-state index >= 15 is 0 Å². The van der Waals surface area contributed by atoms with E-state index in [9.17, 15) is 4.79 Å². The molecule has 0 aliphatic rings. The van der Waals surface area contributed by atoms with Crippen molar-refractivity contribution in [3.63, 3.8) is 0 Å². The molecular weight excluding hydrogens is 224 g/mol. The minimum absolute atomic E-state index is 0.0425. The van der Waals surface area contributed by atoms with Crippen LogP contribution in [0.15, 0.2) is 30.3 Å². The minimum Gasteiger partial charge on any atom is -0.348 e. The molecule has 0 bridgehead atoms. The molecule has 0 fully saturated rings. The van der Waals surface area contributed by atoms with Crippen LogP contribution in [0.25, 0.3) is 0 Å². The van der Waals surface area contributed by atoms with Gasteiger partial charge in [0.1, 0.15) is 0 Å². The molecule has 0 saturated heterocycles. The molecule has 0 aliphatic heterocycles. The Balaban J connectivity index is 2.66. The number of hydrogen-bond acceptors (Lipinski definition) is 2. The predicted octanol–water partition coefficient (Wildman–Crippen LogP) is 2.77. The standard InChI is InChI=1S/C15H24N2O/c1-3-8-13(16)15(18)17-14(9-4-2)12-10-6-5-7-11-12/h5-7,10-11,13-14H,3-4,8-9,16H2,1-2H3,(H,17,18). The highest BCUT2D eigenvalue weighted by Crippen LogP contribution is 2.18. The molecule has 0 aromatic heterocycles. The first kappa shape index (κ1) is 14.7. The van der Waals surface area contributed by atoms with Gasteiger partial charge in [-0.2, -0.15) is 0 Å². The van der Waals surface area contributed by atoms with Crippen LogP contribution in [0.3, 0.4) is 0 Å². The topological polar surface area (TPSA) is 55.1 Å². The van der Waals surface area contributed by atoms with Crippen LogP contribution in [-0.4, -0.2) is 11.9 Å². The molecule has 0 saturated carbocycles. The number of carbonyl (C=O) groups is 1. The Kier molecular flexibility index (Phi) is 6.44.